The zero-order valence-corrected chi connectivity index (χ0v) is 20.6. The van der Waals surface area contributed by atoms with Gasteiger partial charge in [0.1, 0.15) is 0 Å². The molecule has 2 amide bonds. The molecule has 0 saturated carbocycles. The SMILES string of the molecule is O=C(Nc1ccccc1)Nc1ccc(N2CCN(Cc3ccc(C(O)(C(F)(F)F)C(F)(F)F)cc3)CC2)cc1. The number of piperazine rings is 1. The Morgan fingerprint density at radius 3 is 1.74 bits per heavy atom. The minimum Gasteiger partial charge on any atom is -0.369 e. The number of anilines is 3. The Morgan fingerprint density at radius 1 is 0.718 bits per heavy atom. The second-order valence-electron chi connectivity index (χ2n) is 9.16. The number of carbonyl (C=O) groups is 1. The summed E-state index contributed by atoms with van der Waals surface area (Å²) < 4.78 is 78.5. The van der Waals surface area contributed by atoms with Gasteiger partial charge < -0.3 is 20.6 Å². The minimum atomic E-state index is -5.91. The van der Waals surface area contributed by atoms with Crippen molar-refractivity contribution in [2.24, 2.45) is 0 Å². The normalized spacial score (nSPS) is 15.2. The van der Waals surface area contributed by atoms with Crippen LogP contribution in [0.3, 0.4) is 0 Å². The number of urea groups is 1. The zero-order valence-electron chi connectivity index (χ0n) is 20.6. The maximum Gasteiger partial charge on any atom is 0.430 e. The van der Waals surface area contributed by atoms with Gasteiger partial charge in [-0.2, -0.15) is 26.3 Å². The number of carbonyl (C=O) groups excluding carboxylic acids is 1. The molecule has 1 aliphatic rings. The molecule has 3 aromatic carbocycles. The molecule has 0 atom stereocenters. The first kappa shape index (κ1) is 28.2. The smallest absolute Gasteiger partial charge is 0.369 e. The van der Waals surface area contributed by atoms with Gasteiger partial charge >= 0.3 is 18.4 Å². The average Bonchev–Trinajstić information content (AvgIpc) is 2.89. The van der Waals surface area contributed by atoms with Crippen LogP contribution in [0, 0.1) is 0 Å². The van der Waals surface area contributed by atoms with Gasteiger partial charge in [-0.1, -0.05) is 42.5 Å². The number of amides is 2. The van der Waals surface area contributed by atoms with E-state index in [9.17, 15) is 36.2 Å². The summed E-state index contributed by atoms with van der Waals surface area (Å²) in [7, 11) is 0. The number of nitrogens with one attached hydrogen (secondary N) is 2. The van der Waals surface area contributed by atoms with Gasteiger partial charge in [0.2, 0.25) is 0 Å². The van der Waals surface area contributed by atoms with E-state index in [0.29, 0.717) is 61.8 Å². The summed E-state index contributed by atoms with van der Waals surface area (Å²) in [5.41, 5.74) is -3.43. The molecule has 0 aliphatic carbocycles. The largest absolute Gasteiger partial charge is 0.430 e. The molecule has 1 fully saturated rings. The Hall–Kier alpha value is -3.77. The van der Waals surface area contributed by atoms with Crippen LogP contribution >= 0.6 is 0 Å². The molecule has 1 heterocycles. The van der Waals surface area contributed by atoms with Gasteiger partial charge in [-0.15, -0.1) is 0 Å². The number of para-hydroxylation sites is 1. The van der Waals surface area contributed by atoms with E-state index in [2.05, 4.69) is 15.5 Å². The molecule has 0 aromatic heterocycles. The summed E-state index contributed by atoms with van der Waals surface area (Å²) in [5, 5.41) is 15.0. The molecule has 3 N–H and O–H groups in total. The highest BCUT2D eigenvalue weighted by Gasteiger charge is 2.71. The van der Waals surface area contributed by atoms with Crippen LogP contribution in [0.4, 0.5) is 48.2 Å². The lowest BCUT2D eigenvalue weighted by molar-refractivity contribution is -0.376. The van der Waals surface area contributed by atoms with Crippen LogP contribution in [-0.4, -0.2) is 54.6 Å². The predicted molar refractivity (Wildman–Crippen MR) is 135 cm³/mol. The molecular formula is C27H26F6N4O2. The topological polar surface area (TPSA) is 67.8 Å². The summed E-state index contributed by atoms with van der Waals surface area (Å²) in [4.78, 5) is 16.3. The number of aliphatic hydroxyl groups is 1. The number of nitrogens with zero attached hydrogens (tertiary/aromatic N) is 2. The van der Waals surface area contributed by atoms with Crippen LogP contribution in [0.2, 0.25) is 0 Å². The Morgan fingerprint density at radius 2 is 1.23 bits per heavy atom. The Balaban J connectivity index is 1.29. The van der Waals surface area contributed by atoms with Crippen molar-refractivity contribution in [2.45, 2.75) is 24.5 Å². The number of rotatable bonds is 6. The van der Waals surface area contributed by atoms with E-state index in [0.717, 1.165) is 5.69 Å². The molecule has 1 saturated heterocycles. The zero-order chi connectivity index (χ0) is 28.3. The number of benzene rings is 3. The fraction of sp³-hybridized carbons (Fsp3) is 0.296. The van der Waals surface area contributed by atoms with E-state index >= 15 is 0 Å². The van der Waals surface area contributed by atoms with Crippen molar-refractivity contribution >= 4 is 23.1 Å². The van der Waals surface area contributed by atoms with Gasteiger partial charge in [0.05, 0.1) is 0 Å². The molecule has 1 aliphatic heterocycles. The van der Waals surface area contributed by atoms with Crippen LogP contribution < -0.4 is 15.5 Å². The summed E-state index contributed by atoms with van der Waals surface area (Å²) in [6.45, 7) is 2.89. The third kappa shape index (κ3) is 6.45. The van der Waals surface area contributed by atoms with Crippen LogP contribution in [-0.2, 0) is 12.1 Å². The van der Waals surface area contributed by atoms with Crippen molar-refractivity contribution in [1.82, 2.24) is 4.90 Å². The third-order valence-electron chi connectivity index (χ3n) is 6.49. The maximum atomic E-state index is 13.1. The third-order valence-corrected chi connectivity index (χ3v) is 6.49. The van der Waals surface area contributed by atoms with E-state index in [1.807, 2.05) is 35.2 Å². The van der Waals surface area contributed by atoms with E-state index in [1.54, 1.807) is 24.3 Å². The standard InChI is InChI=1S/C27H26F6N4O2/c28-26(29,30)25(39,27(31,32)33)20-8-6-19(7-9-20)18-36-14-16-37(17-15-36)23-12-10-22(11-13-23)35-24(38)34-21-4-2-1-3-5-21/h1-13,39H,14-18H2,(H2,34,35,38). The maximum absolute atomic E-state index is 13.1. The molecule has 208 valence electrons. The molecule has 3 aromatic rings. The van der Waals surface area contributed by atoms with Gasteiger partial charge in [0, 0.05) is 55.3 Å². The molecule has 39 heavy (non-hydrogen) atoms. The number of hydrogen-bond acceptors (Lipinski definition) is 4. The second-order valence-corrected chi connectivity index (χ2v) is 9.16. The monoisotopic (exact) mass is 552 g/mol. The molecule has 12 heteroatoms. The van der Waals surface area contributed by atoms with Gasteiger partial charge in [-0.25, -0.2) is 4.79 Å². The van der Waals surface area contributed by atoms with Crippen molar-refractivity contribution < 1.29 is 36.2 Å². The lowest BCUT2D eigenvalue weighted by Crippen LogP contribution is -2.53. The first-order valence-corrected chi connectivity index (χ1v) is 12.0. The van der Waals surface area contributed by atoms with Crippen LogP contribution in [0.1, 0.15) is 11.1 Å². The highest BCUT2D eigenvalue weighted by Crippen LogP contribution is 2.50. The van der Waals surface area contributed by atoms with E-state index < -0.39 is 23.5 Å². The quantitative estimate of drug-likeness (QED) is 0.330. The van der Waals surface area contributed by atoms with Gasteiger partial charge in [-0.05, 0) is 42.0 Å². The first-order chi connectivity index (χ1) is 18.4. The first-order valence-electron chi connectivity index (χ1n) is 12.0. The van der Waals surface area contributed by atoms with Gasteiger partial charge in [0.25, 0.3) is 5.60 Å². The Kier molecular flexibility index (Phi) is 8.07. The predicted octanol–water partition coefficient (Wildman–Crippen LogP) is 5.97. The lowest BCUT2D eigenvalue weighted by atomic mass is 9.91. The summed E-state index contributed by atoms with van der Waals surface area (Å²) in [6, 6.07) is 19.7. The molecule has 0 bridgehead atoms. The van der Waals surface area contributed by atoms with Crippen molar-refractivity contribution in [2.75, 3.05) is 41.7 Å². The van der Waals surface area contributed by atoms with Crippen LogP contribution in [0.15, 0.2) is 78.9 Å². The average molecular weight is 553 g/mol. The van der Waals surface area contributed by atoms with E-state index in [-0.39, 0.29) is 6.03 Å². The summed E-state index contributed by atoms with van der Waals surface area (Å²) in [5.74, 6) is 0. The second kappa shape index (κ2) is 11.1. The molecule has 0 unspecified atom stereocenters. The van der Waals surface area contributed by atoms with Gasteiger partial charge in [0.15, 0.2) is 0 Å². The molecule has 6 nitrogen and oxygen atoms in total. The number of alkyl halides is 6. The Labute approximate surface area is 220 Å². The summed E-state index contributed by atoms with van der Waals surface area (Å²) >= 11 is 0. The fourth-order valence-electron chi connectivity index (χ4n) is 4.33. The fourth-order valence-corrected chi connectivity index (χ4v) is 4.33. The highest BCUT2D eigenvalue weighted by molar-refractivity contribution is 5.99. The van der Waals surface area contributed by atoms with E-state index in [4.69, 9.17) is 0 Å². The summed E-state index contributed by atoms with van der Waals surface area (Å²) in [6.07, 6.45) is -11.8. The highest BCUT2D eigenvalue weighted by atomic mass is 19.4. The molecule has 0 spiro atoms. The van der Waals surface area contributed by atoms with E-state index in [1.165, 1.54) is 12.1 Å². The Bertz CT molecular complexity index is 1230. The minimum absolute atomic E-state index is 0.337. The van der Waals surface area contributed by atoms with Crippen LogP contribution in [0.25, 0.3) is 0 Å². The van der Waals surface area contributed by atoms with Crippen molar-refractivity contribution in [3.63, 3.8) is 0 Å². The van der Waals surface area contributed by atoms with Crippen LogP contribution in [0.5, 0.6) is 0 Å². The molecule has 4 rings (SSSR count). The molecule has 0 radical (unpaired) electrons. The van der Waals surface area contributed by atoms with Crippen molar-refractivity contribution in [3.05, 3.63) is 90.0 Å². The molecular weight excluding hydrogens is 526 g/mol. The number of hydrogen-bond donors (Lipinski definition) is 3. The number of halogens is 6. The van der Waals surface area contributed by atoms with Gasteiger partial charge in [-0.3, -0.25) is 4.90 Å². The van der Waals surface area contributed by atoms with Crippen molar-refractivity contribution in [3.8, 4) is 0 Å². The van der Waals surface area contributed by atoms with Crippen molar-refractivity contribution in [1.29, 1.82) is 0 Å². The lowest BCUT2D eigenvalue weighted by Gasteiger charge is -2.36.